The summed E-state index contributed by atoms with van der Waals surface area (Å²) < 4.78 is 4.63. The molecule has 172 valence electrons. The van der Waals surface area contributed by atoms with Gasteiger partial charge in [-0.3, -0.25) is 9.59 Å². The van der Waals surface area contributed by atoms with Crippen molar-refractivity contribution in [1.29, 1.82) is 0 Å². The standard InChI is InChI=1S/C26H39NO4/c1-21(11-10-14-22-12-6-5-7-13-22)24(28)18-16-23-17-19-25(29)27(23)20-9-4-3-8-15-26(30)31-2/h4-7,9,12-13,21,23-24,28H,3,8,10-11,14-20H2,1-2H3/t21-,23-,24+/m0/s1. The monoisotopic (exact) mass is 429 g/mol. The van der Waals surface area contributed by atoms with Gasteiger partial charge in [-0.2, -0.15) is 0 Å². The largest absolute Gasteiger partial charge is 0.469 e. The van der Waals surface area contributed by atoms with Crippen molar-refractivity contribution in [3.8, 4) is 0 Å². The number of aliphatic hydroxyl groups excluding tert-OH is 1. The van der Waals surface area contributed by atoms with Crippen LogP contribution in [0.5, 0.6) is 0 Å². The topological polar surface area (TPSA) is 66.8 Å². The summed E-state index contributed by atoms with van der Waals surface area (Å²) in [6, 6.07) is 10.7. The van der Waals surface area contributed by atoms with E-state index in [1.54, 1.807) is 0 Å². The predicted octanol–water partition coefficient (Wildman–Crippen LogP) is 4.68. The van der Waals surface area contributed by atoms with Gasteiger partial charge in [-0.05, 0) is 62.8 Å². The van der Waals surface area contributed by atoms with Crippen molar-refractivity contribution < 1.29 is 19.4 Å². The number of methoxy groups -OCH3 is 1. The molecule has 2 rings (SSSR count). The highest BCUT2D eigenvalue weighted by Crippen LogP contribution is 2.25. The third kappa shape index (κ3) is 9.26. The summed E-state index contributed by atoms with van der Waals surface area (Å²) in [6.45, 7) is 2.74. The lowest BCUT2D eigenvalue weighted by atomic mass is 9.92. The predicted molar refractivity (Wildman–Crippen MR) is 124 cm³/mol. The molecule has 5 nitrogen and oxygen atoms in total. The van der Waals surface area contributed by atoms with Crippen LogP contribution in [0, 0.1) is 5.92 Å². The van der Waals surface area contributed by atoms with E-state index in [0.717, 1.165) is 51.4 Å². The number of hydrogen-bond acceptors (Lipinski definition) is 4. The summed E-state index contributed by atoms with van der Waals surface area (Å²) in [6.07, 6.45) is 11.9. The molecule has 0 aliphatic carbocycles. The number of ether oxygens (including phenoxy) is 1. The van der Waals surface area contributed by atoms with Crippen molar-refractivity contribution in [1.82, 2.24) is 4.90 Å². The first-order chi connectivity index (χ1) is 15.0. The molecule has 1 aromatic carbocycles. The first-order valence-corrected chi connectivity index (χ1v) is 11.7. The summed E-state index contributed by atoms with van der Waals surface area (Å²) in [5, 5.41) is 10.6. The fourth-order valence-electron chi connectivity index (χ4n) is 4.23. The molecule has 1 fully saturated rings. The van der Waals surface area contributed by atoms with Crippen molar-refractivity contribution in [2.24, 2.45) is 5.92 Å². The lowest BCUT2D eigenvalue weighted by molar-refractivity contribution is -0.140. The lowest BCUT2D eigenvalue weighted by Crippen LogP contribution is -2.34. The summed E-state index contributed by atoms with van der Waals surface area (Å²) >= 11 is 0. The molecule has 1 amide bonds. The van der Waals surface area contributed by atoms with Gasteiger partial charge in [-0.1, -0.05) is 49.4 Å². The first kappa shape index (κ1) is 25.1. The third-order valence-electron chi connectivity index (χ3n) is 6.32. The zero-order valence-electron chi connectivity index (χ0n) is 19.2. The molecule has 0 spiro atoms. The van der Waals surface area contributed by atoms with E-state index >= 15 is 0 Å². The van der Waals surface area contributed by atoms with Gasteiger partial charge in [0, 0.05) is 25.4 Å². The Labute approximate surface area is 187 Å². The molecule has 1 saturated heterocycles. The number of carbonyl (C=O) groups is 2. The van der Waals surface area contributed by atoms with Crippen molar-refractivity contribution in [2.75, 3.05) is 13.7 Å². The number of allylic oxidation sites excluding steroid dienone is 1. The maximum absolute atomic E-state index is 12.3. The number of likely N-dealkylation sites (tertiary alicyclic amines) is 1. The molecule has 5 heteroatoms. The van der Waals surface area contributed by atoms with Crippen LogP contribution in [0.4, 0.5) is 0 Å². The molecular weight excluding hydrogens is 390 g/mol. The average molecular weight is 430 g/mol. The molecule has 0 saturated carbocycles. The number of unbranched alkanes of at least 4 members (excludes halogenated alkanes) is 1. The minimum absolute atomic E-state index is 0.184. The zero-order valence-corrected chi connectivity index (χ0v) is 19.2. The molecule has 31 heavy (non-hydrogen) atoms. The normalized spacial score (nSPS) is 18.5. The van der Waals surface area contributed by atoms with E-state index in [9.17, 15) is 14.7 Å². The Bertz CT molecular complexity index is 688. The van der Waals surface area contributed by atoms with E-state index in [2.05, 4.69) is 35.9 Å². The van der Waals surface area contributed by atoms with E-state index < -0.39 is 0 Å². The van der Waals surface area contributed by atoms with Gasteiger partial charge < -0.3 is 14.7 Å². The van der Waals surface area contributed by atoms with E-state index in [-0.39, 0.29) is 29.9 Å². The van der Waals surface area contributed by atoms with Crippen LogP contribution in [0.25, 0.3) is 0 Å². The number of benzene rings is 1. The Hall–Kier alpha value is -2.14. The average Bonchev–Trinajstić information content (AvgIpc) is 3.14. The van der Waals surface area contributed by atoms with Crippen LogP contribution in [-0.4, -0.2) is 47.7 Å². The van der Waals surface area contributed by atoms with Crippen molar-refractivity contribution in [2.45, 2.75) is 83.3 Å². The van der Waals surface area contributed by atoms with Crippen LogP contribution in [-0.2, 0) is 20.7 Å². The fraction of sp³-hybridized carbons (Fsp3) is 0.615. The van der Waals surface area contributed by atoms with Gasteiger partial charge in [0.1, 0.15) is 0 Å². The Morgan fingerprint density at radius 2 is 2.00 bits per heavy atom. The number of amides is 1. The smallest absolute Gasteiger partial charge is 0.305 e. The molecule has 0 radical (unpaired) electrons. The second-order valence-electron chi connectivity index (χ2n) is 8.68. The van der Waals surface area contributed by atoms with E-state index in [1.807, 2.05) is 23.1 Å². The first-order valence-electron chi connectivity index (χ1n) is 11.7. The second kappa shape index (κ2) is 14.0. The van der Waals surface area contributed by atoms with Gasteiger partial charge in [0.2, 0.25) is 5.91 Å². The number of aryl methyl sites for hydroxylation is 1. The molecule has 0 aromatic heterocycles. The van der Waals surface area contributed by atoms with Crippen molar-refractivity contribution in [3.05, 3.63) is 48.0 Å². The van der Waals surface area contributed by atoms with Crippen LogP contribution in [0.15, 0.2) is 42.5 Å². The van der Waals surface area contributed by atoms with Gasteiger partial charge >= 0.3 is 5.97 Å². The number of hydrogen-bond donors (Lipinski definition) is 1. The maximum Gasteiger partial charge on any atom is 0.305 e. The lowest BCUT2D eigenvalue weighted by Gasteiger charge is -2.26. The third-order valence-corrected chi connectivity index (χ3v) is 6.32. The van der Waals surface area contributed by atoms with E-state index in [0.29, 0.717) is 19.4 Å². The quantitative estimate of drug-likeness (QED) is 0.265. The van der Waals surface area contributed by atoms with Crippen molar-refractivity contribution in [3.63, 3.8) is 0 Å². The minimum atomic E-state index is -0.317. The number of carbonyl (C=O) groups excluding carboxylic acids is 2. The van der Waals surface area contributed by atoms with Gasteiger partial charge in [0.25, 0.3) is 0 Å². The Morgan fingerprint density at radius 3 is 2.74 bits per heavy atom. The summed E-state index contributed by atoms with van der Waals surface area (Å²) in [7, 11) is 1.40. The fourth-order valence-corrected chi connectivity index (χ4v) is 4.23. The molecule has 1 aliphatic rings. The highest BCUT2D eigenvalue weighted by Gasteiger charge is 2.30. The molecule has 1 N–H and O–H groups in total. The highest BCUT2D eigenvalue weighted by atomic mass is 16.5. The second-order valence-corrected chi connectivity index (χ2v) is 8.68. The van der Waals surface area contributed by atoms with Crippen molar-refractivity contribution >= 4 is 11.9 Å². The molecule has 0 unspecified atom stereocenters. The number of esters is 1. The van der Waals surface area contributed by atoms with Crippen LogP contribution in [0.1, 0.15) is 70.3 Å². The number of aliphatic hydroxyl groups is 1. The van der Waals surface area contributed by atoms with Crippen LogP contribution in [0.3, 0.4) is 0 Å². The SMILES string of the molecule is COC(=O)CCCC=CCN1C(=O)CC[C@@H]1CC[C@@H](O)[C@@H](C)CCCc1ccccc1. The minimum Gasteiger partial charge on any atom is -0.469 e. The number of nitrogens with zero attached hydrogens (tertiary/aromatic N) is 1. The van der Waals surface area contributed by atoms with E-state index in [1.165, 1.54) is 12.7 Å². The molecule has 1 aliphatic heterocycles. The molecule has 0 bridgehead atoms. The number of rotatable bonds is 14. The van der Waals surface area contributed by atoms with Gasteiger partial charge in [-0.15, -0.1) is 0 Å². The van der Waals surface area contributed by atoms with E-state index in [4.69, 9.17) is 0 Å². The Morgan fingerprint density at radius 1 is 1.23 bits per heavy atom. The van der Waals surface area contributed by atoms with Crippen LogP contribution in [0.2, 0.25) is 0 Å². The van der Waals surface area contributed by atoms with Gasteiger partial charge in [-0.25, -0.2) is 0 Å². The van der Waals surface area contributed by atoms with Gasteiger partial charge in [0.05, 0.1) is 13.2 Å². The Kier molecular flexibility index (Phi) is 11.4. The molecule has 1 aromatic rings. The van der Waals surface area contributed by atoms with Gasteiger partial charge in [0.15, 0.2) is 0 Å². The summed E-state index contributed by atoms with van der Waals surface area (Å²) in [5.74, 6) is 0.287. The van der Waals surface area contributed by atoms with Crippen LogP contribution < -0.4 is 0 Å². The highest BCUT2D eigenvalue weighted by molar-refractivity contribution is 5.78. The maximum atomic E-state index is 12.3. The molecule has 1 heterocycles. The Balaban J connectivity index is 1.66. The molecular formula is C26H39NO4. The van der Waals surface area contributed by atoms with Crippen LogP contribution >= 0.6 is 0 Å². The molecule has 3 atom stereocenters. The summed E-state index contributed by atoms with van der Waals surface area (Å²) in [5.41, 5.74) is 1.35. The zero-order chi connectivity index (χ0) is 22.5. The summed E-state index contributed by atoms with van der Waals surface area (Å²) in [4.78, 5) is 25.3.